The third-order valence-corrected chi connectivity index (χ3v) is 7.34. The van der Waals surface area contributed by atoms with E-state index in [1.807, 2.05) is 18.3 Å². The molecule has 1 saturated heterocycles. The van der Waals surface area contributed by atoms with Crippen molar-refractivity contribution in [3.8, 4) is 0 Å². The fourth-order valence-corrected chi connectivity index (χ4v) is 5.82. The van der Waals surface area contributed by atoms with Crippen molar-refractivity contribution in [2.45, 2.75) is 76.9 Å². The summed E-state index contributed by atoms with van der Waals surface area (Å²) >= 11 is 5.77. The third-order valence-electron chi connectivity index (χ3n) is 6.99. The Labute approximate surface area is 196 Å². The first-order valence-corrected chi connectivity index (χ1v) is 12.1. The SMILES string of the molecule is COC(=O)CCCN1C(=S)N[C@H](c2ccccn2)[C@@H]1c1cc(C)n(C2CCCCC2)c1C. The Hall–Kier alpha value is -2.41. The molecule has 172 valence electrons. The van der Waals surface area contributed by atoms with Crippen molar-refractivity contribution in [3.05, 3.63) is 53.1 Å². The van der Waals surface area contributed by atoms with Gasteiger partial charge in [0.1, 0.15) is 0 Å². The molecule has 0 amide bonds. The molecule has 0 aromatic carbocycles. The van der Waals surface area contributed by atoms with Crippen LogP contribution in [0.4, 0.5) is 0 Å². The molecule has 2 atom stereocenters. The molecule has 0 unspecified atom stereocenters. The molecule has 7 heteroatoms. The molecule has 3 heterocycles. The highest BCUT2D eigenvalue weighted by atomic mass is 32.1. The van der Waals surface area contributed by atoms with Gasteiger partial charge in [0, 0.05) is 36.6 Å². The molecule has 0 spiro atoms. The number of rotatable bonds is 7. The number of methoxy groups -OCH3 is 1. The van der Waals surface area contributed by atoms with E-state index in [9.17, 15) is 4.79 Å². The topological polar surface area (TPSA) is 59.4 Å². The second-order valence-electron chi connectivity index (χ2n) is 8.99. The van der Waals surface area contributed by atoms with E-state index in [1.54, 1.807) is 0 Å². The van der Waals surface area contributed by atoms with E-state index in [0.29, 0.717) is 25.4 Å². The van der Waals surface area contributed by atoms with Crippen molar-refractivity contribution in [3.63, 3.8) is 0 Å². The van der Waals surface area contributed by atoms with Crippen molar-refractivity contribution < 1.29 is 9.53 Å². The van der Waals surface area contributed by atoms with E-state index in [2.05, 4.69) is 45.7 Å². The average Bonchev–Trinajstić information content (AvgIpc) is 3.29. The van der Waals surface area contributed by atoms with Crippen LogP contribution in [0.1, 0.15) is 85.7 Å². The molecule has 2 fully saturated rings. The van der Waals surface area contributed by atoms with Gasteiger partial charge in [0.15, 0.2) is 5.11 Å². The summed E-state index contributed by atoms with van der Waals surface area (Å²) in [7, 11) is 1.43. The number of carbonyl (C=O) groups excluding carboxylic acids is 1. The van der Waals surface area contributed by atoms with Gasteiger partial charge in [-0.1, -0.05) is 25.3 Å². The van der Waals surface area contributed by atoms with Gasteiger partial charge in [-0.05, 0) is 69.1 Å². The quantitative estimate of drug-likeness (QED) is 0.473. The second kappa shape index (κ2) is 10.0. The summed E-state index contributed by atoms with van der Waals surface area (Å²) < 4.78 is 7.38. The lowest BCUT2D eigenvalue weighted by Crippen LogP contribution is -2.31. The van der Waals surface area contributed by atoms with Crippen LogP contribution in [0, 0.1) is 13.8 Å². The van der Waals surface area contributed by atoms with Crippen molar-refractivity contribution in [2.75, 3.05) is 13.7 Å². The van der Waals surface area contributed by atoms with E-state index in [-0.39, 0.29) is 18.1 Å². The Kier molecular flexibility index (Phi) is 7.13. The van der Waals surface area contributed by atoms with E-state index < -0.39 is 0 Å². The second-order valence-corrected chi connectivity index (χ2v) is 9.37. The van der Waals surface area contributed by atoms with Gasteiger partial charge >= 0.3 is 5.97 Å². The minimum Gasteiger partial charge on any atom is -0.469 e. The van der Waals surface area contributed by atoms with Crippen molar-refractivity contribution in [2.24, 2.45) is 0 Å². The number of hydrogen-bond donors (Lipinski definition) is 1. The van der Waals surface area contributed by atoms with Crippen molar-refractivity contribution in [1.82, 2.24) is 19.8 Å². The predicted octanol–water partition coefficient (Wildman–Crippen LogP) is 4.93. The number of esters is 1. The fourth-order valence-electron chi connectivity index (χ4n) is 5.48. The van der Waals surface area contributed by atoms with E-state index in [0.717, 1.165) is 10.8 Å². The monoisotopic (exact) mass is 454 g/mol. The summed E-state index contributed by atoms with van der Waals surface area (Å²) in [4.78, 5) is 18.6. The van der Waals surface area contributed by atoms with Crippen LogP contribution >= 0.6 is 12.2 Å². The zero-order valence-electron chi connectivity index (χ0n) is 19.3. The average molecular weight is 455 g/mol. The van der Waals surface area contributed by atoms with Crippen LogP contribution in [0.5, 0.6) is 0 Å². The molecule has 0 bridgehead atoms. The van der Waals surface area contributed by atoms with Crippen LogP contribution < -0.4 is 5.32 Å². The highest BCUT2D eigenvalue weighted by Crippen LogP contribution is 2.42. The van der Waals surface area contributed by atoms with Gasteiger partial charge in [0.25, 0.3) is 0 Å². The number of ether oxygens (including phenoxy) is 1. The van der Waals surface area contributed by atoms with Crippen LogP contribution in [0.15, 0.2) is 30.5 Å². The van der Waals surface area contributed by atoms with E-state index in [1.165, 1.54) is 56.2 Å². The van der Waals surface area contributed by atoms with Crippen LogP contribution in [0.25, 0.3) is 0 Å². The fraction of sp³-hybridized carbons (Fsp3) is 0.560. The van der Waals surface area contributed by atoms with Crippen LogP contribution in [0.3, 0.4) is 0 Å². The van der Waals surface area contributed by atoms with Gasteiger partial charge < -0.3 is 19.5 Å². The van der Waals surface area contributed by atoms with Crippen molar-refractivity contribution >= 4 is 23.3 Å². The van der Waals surface area contributed by atoms with Gasteiger partial charge in [0.05, 0.1) is 24.9 Å². The first kappa shape index (κ1) is 22.8. The molecule has 1 N–H and O–H groups in total. The molecule has 0 radical (unpaired) electrons. The smallest absolute Gasteiger partial charge is 0.305 e. The first-order chi connectivity index (χ1) is 15.5. The maximum Gasteiger partial charge on any atom is 0.305 e. The number of aryl methyl sites for hydroxylation is 1. The normalized spacial score (nSPS) is 21.6. The third kappa shape index (κ3) is 4.53. The Morgan fingerprint density at radius 2 is 2.03 bits per heavy atom. The Balaban J connectivity index is 1.68. The van der Waals surface area contributed by atoms with Gasteiger partial charge in [-0.25, -0.2) is 0 Å². The first-order valence-electron chi connectivity index (χ1n) is 11.7. The molecule has 2 aliphatic rings. The molecule has 1 saturated carbocycles. The van der Waals surface area contributed by atoms with Gasteiger partial charge in [0.2, 0.25) is 0 Å². The minimum atomic E-state index is -0.184. The summed E-state index contributed by atoms with van der Waals surface area (Å²) in [5.74, 6) is -0.184. The number of thiocarbonyl (C=S) groups is 1. The number of pyridine rings is 1. The lowest BCUT2D eigenvalue weighted by Gasteiger charge is -2.29. The molecule has 1 aliphatic carbocycles. The molecule has 2 aromatic rings. The zero-order chi connectivity index (χ0) is 22.7. The molecular weight excluding hydrogens is 420 g/mol. The molecule has 6 nitrogen and oxygen atoms in total. The Morgan fingerprint density at radius 1 is 1.25 bits per heavy atom. The Bertz CT molecular complexity index is 952. The van der Waals surface area contributed by atoms with Crippen LogP contribution in [-0.2, 0) is 9.53 Å². The van der Waals surface area contributed by atoms with Gasteiger partial charge in [-0.3, -0.25) is 9.78 Å². The van der Waals surface area contributed by atoms with Crippen LogP contribution in [0.2, 0.25) is 0 Å². The standard InChI is InChI=1S/C25H34N4O2S/c1-17-16-20(18(2)29(17)19-10-5-4-6-11-19)24-23(21-12-7-8-14-26-21)27-25(32)28(24)15-9-13-22(30)31-3/h7-8,12,14,16,19,23-24H,4-6,9-11,13,15H2,1-3H3,(H,27,32)/t23-,24+/m1/s1. The number of nitrogens with one attached hydrogen (secondary N) is 1. The summed E-state index contributed by atoms with van der Waals surface area (Å²) in [6.07, 6.45) is 9.39. The minimum absolute atomic E-state index is 0.0258. The molecule has 1 aliphatic heterocycles. The lowest BCUT2D eigenvalue weighted by molar-refractivity contribution is -0.140. The summed E-state index contributed by atoms with van der Waals surface area (Å²) in [5, 5.41) is 4.25. The lowest BCUT2D eigenvalue weighted by atomic mass is 9.94. The number of aromatic nitrogens is 2. The summed E-state index contributed by atoms with van der Waals surface area (Å²) in [5.41, 5.74) is 4.92. The number of nitrogens with zero attached hydrogens (tertiary/aromatic N) is 3. The highest BCUT2D eigenvalue weighted by molar-refractivity contribution is 7.80. The predicted molar refractivity (Wildman–Crippen MR) is 129 cm³/mol. The summed E-state index contributed by atoms with van der Waals surface area (Å²) in [6.45, 7) is 5.17. The van der Waals surface area contributed by atoms with E-state index >= 15 is 0 Å². The zero-order valence-corrected chi connectivity index (χ0v) is 20.2. The summed E-state index contributed by atoms with van der Waals surface area (Å²) in [6, 6.07) is 8.96. The molecular formula is C25H34N4O2S. The largest absolute Gasteiger partial charge is 0.469 e. The Morgan fingerprint density at radius 3 is 2.72 bits per heavy atom. The molecule has 2 aromatic heterocycles. The van der Waals surface area contributed by atoms with Crippen LogP contribution in [-0.4, -0.2) is 39.2 Å². The molecule has 4 rings (SSSR count). The maximum absolute atomic E-state index is 11.7. The van der Waals surface area contributed by atoms with E-state index in [4.69, 9.17) is 17.0 Å². The van der Waals surface area contributed by atoms with Crippen molar-refractivity contribution in [1.29, 1.82) is 0 Å². The van der Waals surface area contributed by atoms with Gasteiger partial charge in [-0.15, -0.1) is 0 Å². The number of carbonyl (C=O) groups is 1. The number of hydrogen-bond acceptors (Lipinski definition) is 4. The maximum atomic E-state index is 11.7. The highest BCUT2D eigenvalue weighted by Gasteiger charge is 2.41. The molecule has 32 heavy (non-hydrogen) atoms. The van der Waals surface area contributed by atoms with Gasteiger partial charge in [-0.2, -0.15) is 0 Å².